The zero-order chi connectivity index (χ0) is 12.0. The predicted octanol–water partition coefficient (Wildman–Crippen LogP) is 5.48. The summed E-state index contributed by atoms with van der Waals surface area (Å²) in [7, 11) is 0. The first kappa shape index (κ1) is 14.2. The number of thiol groups is 2. The summed E-state index contributed by atoms with van der Waals surface area (Å²) >= 11 is 14.9. The Labute approximate surface area is 124 Å². The summed E-state index contributed by atoms with van der Waals surface area (Å²) < 4.78 is 2.07. The second kappa shape index (κ2) is 7.43. The second-order valence-corrected chi connectivity index (χ2v) is 5.70. The molecule has 4 heteroatoms. The van der Waals surface area contributed by atoms with Crippen LogP contribution in [0, 0.1) is 0 Å². The van der Waals surface area contributed by atoms with Gasteiger partial charge in [-0.25, -0.2) is 0 Å². The van der Waals surface area contributed by atoms with Gasteiger partial charge in [-0.1, -0.05) is 34.1 Å². The summed E-state index contributed by atoms with van der Waals surface area (Å²) in [6.07, 6.45) is 0. The van der Waals surface area contributed by atoms with E-state index in [-0.39, 0.29) is 0 Å². The van der Waals surface area contributed by atoms with Crippen molar-refractivity contribution in [3.05, 3.63) is 57.5 Å². The molecule has 0 aromatic heterocycles. The Hall–Kier alpha value is 0.1000. The molecule has 0 aliphatic carbocycles. The number of hydrogen-bond donors (Lipinski definition) is 2. The molecule has 0 aliphatic rings. The van der Waals surface area contributed by atoms with Crippen molar-refractivity contribution in [3.8, 4) is 0 Å². The van der Waals surface area contributed by atoms with Crippen LogP contribution in [0.25, 0.3) is 0 Å². The van der Waals surface area contributed by atoms with Crippen molar-refractivity contribution >= 4 is 57.1 Å². The highest BCUT2D eigenvalue weighted by Crippen LogP contribution is 2.23. The van der Waals surface area contributed by atoms with Gasteiger partial charge in [-0.15, -0.1) is 25.3 Å². The van der Waals surface area contributed by atoms with E-state index in [4.69, 9.17) is 0 Å². The van der Waals surface area contributed by atoms with Gasteiger partial charge in [0.15, 0.2) is 0 Å². The van der Waals surface area contributed by atoms with Gasteiger partial charge in [0.25, 0.3) is 0 Å². The van der Waals surface area contributed by atoms with Crippen LogP contribution in [0.3, 0.4) is 0 Å². The predicted molar refractivity (Wildman–Crippen MR) is 82.8 cm³/mol. The molecule has 0 amide bonds. The van der Waals surface area contributed by atoms with Crippen molar-refractivity contribution in [3.63, 3.8) is 0 Å². The minimum Gasteiger partial charge on any atom is -0.143 e. The average Bonchev–Trinajstić information content (AvgIpc) is 2.26. The zero-order valence-corrected chi connectivity index (χ0v) is 13.2. The lowest BCUT2D eigenvalue weighted by Crippen LogP contribution is -1.68. The largest absolute Gasteiger partial charge is 0.143 e. The molecule has 0 saturated carbocycles. The van der Waals surface area contributed by atoms with Crippen LogP contribution < -0.4 is 0 Å². The molecule has 0 spiro atoms. The SMILES string of the molecule is Sc1cc(Br)ccc1Br.Sc1ccccc1. The van der Waals surface area contributed by atoms with Crippen LogP contribution in [-0.2, 0) is 0 Å². The third-order valence-corrected chi connectivity index (χ3v) is 3.82. The monoisotopic (exact) mass is 376 g/mol. The molecule has 0 bridgehead atoms. The van der Waals surface area contributed by atoms with Crippen LogP contribution in [0.1, 0.15) is 0 Å². The van der Waals surface area contributed by atoms with Crippen LogP contribution in [0.15, 0.2) is 67.3 Å². The third-order valence-electron chi connectivity index (χ3n) is 1.66. The van der Waals surface area contributed by atoms with Crippen molar-refractivity contribution in [1.29, 1.82) is 0 Å². The number of halogens is 2. The molecule has 2 aromatic carbocycles. The van der Waals surface area contributed by atoms with Crippen LogP contribution in [0.4, 0.5) is 0 Å². The summed E-state index contributed by atoms with van der Waals surface area (Å²) in [5.41, 5.74) is 0. The van der Waals surface area contributed by atoms with Crippen molar-refractivity contribution in [2.75, 3.05) is 0 Å². The second-order valence-electron chi connectivity index (χ2n) is 2.93. The van der Waals surface area contributed by atoms with Gasteiger partial charge < -0.3 is 0 Å². The lowest BCUT2D eigenvalue weighted by Gasteiger charge is -1.94. The minimum atomic E-state index is 0.948. The molecular formula is C12H10Br2S2. The van der Waals surface area contributed by atoms with Gasteiger partial charge in [-0.05, 0) is 46.3 Å². The van der Waals surface area contributed by atoms with Crippen molar-refractivity contribution in [1.82, 2.24) is 0 Å². The molecule has 0 unspecified atom stereocenters. The van der Waals surface area contributed by atoms with E-state index in [1.807, 2.05) is 48.5 Å². The maximum Gasteiger partial charge on any atom is 0.0309 e. The van der Waals surface area contributed by atoms with E-state index in [1.165, 1.54) is 0 Å². The van der Waals surface area contributed by atoms with Gasteiger partial charge in [0.1, 0.15) is 0 Å². The van der Waals surface area contributed by atoms with Gasteiger partial charge in [0.05, 0.1) is 0 Å². The van der Waals surface area contributed by atoms with E-state index in [2.05, 4.69) is 57.1 Å². The van der Waals surface area contributed by atoms with Crippen molar-refractivity contribution < 1.29 is 0 Å². The summed E-state index contributed by atoms with van der Waals surface area (Å²) in [6, 6.07) is 15.6. The first-order valence-electron chi connectivity index (χ1n) is 4.47. The Kier molecular flexibility index (Phi) is 6.58. The standard InChI is InChI=1S/C6H4Br2S.C6H6S/c7-4-1-2-5(8)6(9)3-4;7-6-4-2-1-3-5-6/h1-3,9H;1-5,7H. The Bertz CT molecular complexity index is 444. The lowest BCUT2D eigenvalue weighted by atomic mass is 10.4. The molecule has 0 N–H and O–H groups in total. The Balaban J connectivity index is 0.000000165. The van der Waals surface area contributed by atoms with Gasteiger partial charge >= 0.3 is 0 Å². The van der Waals surface area contributed by atoms with Crippen LogP contribution >= 0.6 is 57.1 Å². The van der Waals surface area contributed by atoms with Gasteiger partial charge in [-0.3, -0.25) is 0 Å². The maximum atomic E-state index is 4.19. The highest BCUT2D eigenvalue weighted by atomic mass is 79.9. The highest BCUT2D eigenvalue weighted by molar-refractivity contribution is 9.11. The van der Waals surface area contributed by atoms with Crippen molar-refractivity contribution in [2.45, 2.75) is 9.79 Å². The Morgan fingerprint density at radius 2 is 1.44 bits per heavy atom. The van der Waals surface area contributed by atoms with E-state index in [1.54, 1.807) is 0 Å². The quantitative estimate of drug-likeness (QED) is 0.558. The maximum absolute atomic E-state index is 4.19. The molecule has 0 fully saturated rings. The summed E-state index contributed by atoms with van der Waals surface area (Å²) in [5, 5.41) is 0. The zero-order valence-electron chi connectivity index (χ0n) is 8.27. The highest BCUT2D eigenvalue weighted by Gasteiger charge is 1.92. The number of rotatable bonds is 0. The summed E-state index contributed by atoms with van der Waals surface area (Å²) in [6.45, 7) is 0. The van der Waals surface area contributed by atoms with Crippen LogP contribution in [0.5, 0.6) is 0 Å². The lowest BCUT2D eigenvalue weighted by molar-refractivity contribution is 1.40. The minimum absolute atomic E-state index is 0.948. The van der Waals surface area contributed by atoms with E-state index in [0.29, 0.717) is 0 Å². The van der Waals surface area contributed by atoms with Crippen LogP contribution in [-0.4, -0.2) is 0 Å². The van der Waals surface area contributed by atoms with Gasteiger partial charge in [0.2, 0.25) is 0 Å². The molecule has 0 saturated heterocycles. The van der Waals surface area contributed by atoms with Gasteiger partial charge in [-0.2, -0.15) is 0 Å². The fourth-order valence-electron chi connectivity index (χ4n) is 0.914. The molecule has 0 radical (unpaired) electrons. The molecule has 0 nitrogen and oxygen atoms in total. The van der Waals surface area contributed by atoms with E-state index >= 15 is 0 Å². The first-order chi connectivity index (χ1) is 7.59. The van der Waals surface area contributed by atoms with Crippen molar-refractivity contribution in [2.24, 2.45) is 0 Å². The molecule has 2 aromatic rings. The molecule has 0 aliphatic heterocycles. The topological polar surface area (TPSA) is 0 Å². The van der Waals surface area contributed by atoms with E-state index < -0.39 is 0 Å². The smallest absolute Gasteiger partial charge is 0.0309 e. The molecule has 0 heterocycles. The third kappa shape index (κ3) is 5.43. The molecule has 16 heavy (non-hydrogen) atoms. The average molecular weight is 378 g/mol. The Morgan fingerprint density at radius 1 is 0.812 bits per heavy atom. The van der Waals surface area contributed by atoms with Gasteiger partial charge in [0, 0.05) is 18.7 Å². The summed E-state index contributed by atoms with van der Waals surface area (Å²) in [5.74, 6) is 0. The van der Waals surface area contributed by atoms with E-state index in [9.17, 15) is 0 Å². The molecular weight excluding hydrogens is 368 g/mol. The fraction of sp³-hybridized carbons (Fsp3) is 0. The normalized spacial score (nSPS) is 9.25. The number of hydrogen-bond acceptors (Lipinski definition) is 2. The van der Waals surface area contributed by atoms with Crippen LogP contribution in [0.2, 0.25) is 0 Å². The Morgan fingerprint density at radius 3 is 1.81 bits per heavy atom. The number of benzene rings is 2. The molecule has 84 valence electrons. The molecule has 2 rings (SSSR count). The summed E-state index contributed by atoms with van der Waals surface area (Å²) in [4.78, 5) is 1.96. The van der Waals surface area contributed by atoms with E-state index in [0.717, 1.165) is 18.7 Å². The fourth-order valence-corrected chi connectivity index (χ4v) is 2.08. The first-order valence-corrected chi connectivity index (χ1v) is 6.95. The molecule has 0 atom stereocenters.